The van der Waals surface area contributed by atoms with Crippen LogP contribution in [-0.2, 0) is 4.79 Å². The second-order valence-electron chi connectivity index (χ2n) is 10.5. The largest absolute Gasteiger partial charge is 0.370 e. The van der Waals surface area contributed by atoms with Crippen molar-refractivity contribution >= 4 is 28.5 Å². The van der Waals surface area contributed by atoms with E-state index in [0.29, 0.717) is 51.1 Å². The van der Waals surface area contributed by atoms with Crippen molar-refractivity contribution in [2.75, 3.05) is 32.7 Å². The number of rotatable bonds is 15. The summed E-state index contributed by atoms with van der Waals surface area (Å²) >= 11 is 0. The van der Waals surface area contributed by atoms with Crippen LogP contribution in [0.1, 0.15) is 47.2 Å². The average Bonchev–Trinajstić information content (AvgIpc) is 3.04. The summed E-state index contributed by atoms with van der Waals surface area (Å²) in [6, 6.07) is 33.7. The van der Waals surface area contributed by atoms with E-state index in [1.54, 1.807) is 0 Å². The molecule has 4 aromatic carbocycles. The minimum absolute atomic E-state index is 0.0184. The number of nitrogens with two attached hydrogens (primary N) is 2. The van der Waals surface area contributed by atoms with Gasteiger partial charge in [-0.25, -0.2) is 0 Å². The number of amides is 2. The molecule has 2 amide bonds. The summed E-state index contributed by atoms with van der Waals surface area (Å²) in [6.07, 6.45) is 1.20. The highest BCUT2D eigenvalue weighted by Crippen LogP contribution is 2.26. The lowest BCUT2D eigenvalue weighted by molar-refractivity contribution is -0.133. The average molecular weight is 579 g/mol. The lowest BCUT2D eigenvalue weighted by atomic mass is 9.90. The van der Waals surface area contributed by atoms with Gasteiger partial charge < -0.3 is 27.0 Å². The quantitative estimate of drug-likeness (QED) is 0.0953. The summed E-state index contributed by atoms with van der Waals surface area (Å²) in [5.74, 6) is -0.0531. The lowest BCUT2D eigenvalue weighted by Gasteiger charge is -2.31. The molecule has 0 fully saturated rings. The van der Waals surface area contributed by atoms with Crippen LogP contribution in [0.3, 0.4) is 0 Å². The third kappa shape index (κ3) is 9.15. The molecular weight excluding hydrogens is 536 g/mol. The van der Waals surface area contributed by atoms with Crippen LogP contribution < -0.4 is 22.1 Å². The zero-order valence-electron chi connectivity index (χ0n) is 24.8. The van der Waals surface area contributed by atoms with E-state index in [-0.39, 0.29) is 23.7 Å². The van der Waals surface area contributed by atoms with Gasteiger partial charge in [-0.05, 0) is 53.8 Å². The van der Waals surface area contributed by atoms with Crippen molar-refractivity contribution in [1.82, 2.24) is 15.5 Å². The van der Waals surface area contributed by atoms with E-state index in [2.05, 4.69) is 39.9 Å². The molecule has 4 rings (SSSR count). The number of hydrogen-bond acceptors (Lipinski definition) is 4. The molecule has 0 aromatic heterocycles. The lowest BCUT2D eigenvalue weighted by Crippen LogP contribution is -2.49. The number of aliphatic imine (C=N–C) groups is 1. The molecule has 4 aromatic rings. The first-order valence-electron chi connectivity index (χ1n) is 14.9. The van der Waals surface area contributed by atoms with Crippen LogP contribution in [0.25, 0.3) is 10.8 Å². The van der Waals surface area contributed by atoms with Gasteiger partial charge in [0.15, 0.2) is 5.96 Å². The zero-order chi connectivity index (χ0) is 30.4. The van der Waals surface area contributed by atoms with E-state index in [1.165, 1.54) is 0 Å². The fourth-order valence-corrected chi connectivity index (χ4v) is 5.26. The second-order valence-corrected chi connectivity index (χ2v) is 10.5. The Kier molecular flexibility index (Phi) is 11.7. The summed E-state index contributed by atoms with van der Waals surface area (Å²) in [5.41, 5.74) is 13.9. The highest BCUT2D eigenvalue weighted by Gasteiger charge is 2.26. The maximum atomic E-state index is 14.0. The Morgan fingerprint density at radius 1 is 0.814 bits per heavy atom. The molecule has 8 heteroatoms. The van der Waals surface area contributed by atoms with Crippen molar-refractivity contribution in [2.45, 2.75) is 31.7 Å². The van der Waals surface area contributed by atoms with Gasteiger partial charge in [0.05, 0.1) is 6.04 Å². The third-order valence-corrected chi connectivity index (χ3v) is 7.56. The Balaban J connectivity index is 1.42. The number of nitrogens with one attached hydrogen (secondary N) is 2. The fraction of sp³-hybridized carbons (Fsp3) is 0.286. The second kappa shape index (κ2) is 16.1. The molecule has 0 aliphatic carbocycles. The number of nitrogens with zero attached hydrogens (tertiary/aromatic N) is 2. The maximum absolute atomic E-state index is 14.0. The molecule has 6 N–H and O–H groups in total. The number of carbonyl (C=O) groups is 2. The molecule has 0 saturated carbocycles. The van der Waals surface area contributed by atoms with Gasteiger partial charge in [0.25, 0.3) is 5.91 Å². The Labute approximate surface area is 254 Å². The van der Waals surface area contributed by atoms with Gasteiger partial charge in [0.2, 0.25) is 5.91 Å². The predicted molar refractivity (Wildman–Crippen MR) is 175 cm³/mol. The van der Waals surface area contributed by atoms with Crippen molar-refractivity contribution < 1.29 is 9.59 Å². The van der Waals surface area contributed by atoms with E-state index in [4.69, 9.17) is 11.5 Å². The summed E-state index contributed by atoms with van der Waals surface area (Å²) in [6.45, 7) is 4.39. The van der Waals surface area contributed by atoms with Crippen molar-refractivity contribution in [3.63, 3.8) is 0 Å². The van der Waals surface area contributed by atoms with Crippen LogP contribution in [0, 0.1) is 0 Å². The molecule has 8 nitrogen and oxygen atoms in total. The Bertz CT molecular complexity index is 1450. The van der Waals surface area contributed by atoms with Crippen LogP contribution in [0.5, 0.6) is 0 Å². The van der Waals surface area contributed by atoms with E-state index < -0.39 is 6.04 Å². The topological polar surface area (TPSA) is 126 Å². The van der Waals surface area contributed by atoms with Crippen LogP contribution in [-0.4, -0.2) is 61.4 Å². The molecule has 0 heterocycles. The van der Waals surface area contributed by atoms with E-state index in [0.717, 1.165) is 21.9 Å². The molecule has 0 bridgehead atoms. The first kappa shape index (κ1) is 31.3. The molecular formula is C35H42N6O2. The van der Waals surface area contributed by atoms with E-state index in [9.17, 15) is 9.59 Å². The SMILES string of the molecule is CCN(CC(c1ccccc1)c1ccccc1)C(=O)C(CCCN=C(N)N)NCCNC(=O)c1ccc2ccccc2c1. The molecule has 0 aliphatic rings. The van der Waals surface area contributed by atoms with Gasteiger partial charge in [0, 0.05) is 44.2 Å². The van der Waals surface area contributed by atoms with Gasteiger partial charge in [-0.2, -0.15) is 0 Å². The maximum Gasteiger partial charge on any atom is 0.251 e. The Morgan fingerprint density at radius 2 is 1.44 bits per heavy atom. The van der Waals surface area contributed by atoms with Gasteiger partial charge in [-0.1, -0.05) is 91.0 Å². The predicted octanol–water partition coefficient (Wildman–Crippen LogP) is 4.26. The summed E-state index contributed by atoms with van der Waals surface area (Å²) in [7, 11) is 0. The van der Waals surface area contributed by atoms with Crippen molar-refractivity contribution in [3.8, 4) is 0 Å². The Morgan fingerprint density at radius 3 is 2.07 bits per heavy atom. The number of carbonyl (C=O) groups excluding carboxylic acids is 2. The van der Waals surface area contributed by atoms with Gasteiger partial charge in [-0.15, -0.1) is 0 Å². The standard InChI is InChI=1S/C35H42N6O2/c1-2-41(25-31(27-13-5-3-6-14-27)28-15-7-4-8-16-28)34(43)32(18-11-21-40-35(36)37)38-22-23-39-33(42)30-20-19-26-12-9-10-17-29(26)24-30/h3-10,12-17,19-20,24,31-32,38H,2,11,18,21-23,25H2,1H3,(H,39,42)(H4,36,37,40). The highest BCUT2D eigenvalue weighted by molar-refractivity contribution is 5.98. The van der Waals surface area contributed by atoms with Crippen molar-refractivity contribution in [1.29, 1.82) is 0 Å². The van der Waals surface area contributed by atoms with Gasteiger partial charge in [-0.3, -0.25) is 14.6 Å². The smallest absolute Gasteiger partial charge is 0.251 e. The normalized spacial score (nSPS) is 11.7. The number of hydrogen-bond donors (Lipinski definition) is 4. The van der Waals surface area contributed by atoms with Crippen molar-refractivity contribution in [2.24, 2.45) is 16.5 Å². The van der Waals surface area contributed by atoms with Crippen LogP contribution >= 0.6 is 0 Å². The molecule has 0 radical (unpaired) electrons. The molecule has 1 unspecified atom stereocenters. The minimum atomic E-state index is -0.445. The molecule has 224 valence electrons. The monoisotopic (exact) mass is 578 g/mol. The van der Waals surface area contributed by atoms with Gasteiger partial charge in [0.1, 0.15) is 0 Å². The van der Waals surface area contributed by atoms with E-state index >= 15 is 0 Å². The van der Waals surface area contributed by atoms with Crippen LogP contribution in [0.2, 0.25) is 0 Å². The molecule has 1 atom stereocenters. The third-order valence-electron chi connectivity index (χ3n) is 7.56. The molecule has 0 aliphatic heterocycles. The molecule has 0 saturated heterocycles. The number of likely N-dealkylation sites (N-methyl/N-ethyl adjacent to an activating group) is 1. The zero-order valence-corrected chi connectivity index (χ0v) is 24.8. The number of guanidine groups is 1. The minimum Gasteiger partial charge on any atom is -0.370 e. The first-order valence-corrected chi connectivity index (χ1v) is 14.9. The fourth-order valence-electron chi connectivity index (χ4n) is 5.26. The molecule has 43 heavy (non-hydrogen) atoms. The van der Waals surface area contributed by atoms with Gasteiger partial charge >= 0.3 is 0 Å². The van der Waals surface area contributed by atoms with E-state index in [1.807, 2.05) is 90.7 Å². The first-order chi connectivity index (χ1) is 21.0. The highest BCUT2D eigenvalue weighted by atomic mass is 16.2. The number of benzene rings is 4. The number of fused-ring (bicyclic) bond motifs is 1. The van der Waals surface area contributed by atoms with Crippen LogP contribution in [0.15, 0.2) is 108 Å². The summed E-state index contributed by atoms with van der Waals surface area (Å²) in [4.78, 5) is 32.8. The summed E-state index contributed by atoms with van der Waals surface area (Å²) in [5, 5.41) is 8.48. The van der Waals surface area contributed by atoms with Crippen LogP contribution in [0.4, 0.5) is 0 Å². The molecule has 0 spiro atoms. The van der Waals surface area contributed by atoms with Crippen molar-refractivity contribution in [3.05, 3.63) is 120 Å². The Hall–Kier alpha value is -4.69. The summed E-state index contributed by atoms with van der Waals surface area (Å²) < 4.78 is 0.